The largest absolute Gasteiger partial charge is 0.359 e. The zero-order chi connectivity index (χ0) is 9.42. The highest BCUT2D eigenvalue weighted by atomic mass is 16.6. The van der Waals surface area contributed by atoms with Gasteiger partial charge in [-0.2, -0.15) is 0 Å². The van der Waals surface area contributed by atoms with E-state index in [1.54, 1.807) is 0 Å². The van der Waals surface area contributed by atoms with Gasteiger partial charge in [-0.05, 0) is 0 Å². The van der Waals surface area contributed by atoms with Gasteiger partial charge in [0.1, 0.15) is 5.82 Å². The topological polar surface area (TPSA) is 59.3 Å². The maximum absolute atomic E-state index is 10.6. The van der Waals surface area contributed by atoms with Crippen molar-refractivity contribution in [2.45, 2.75) is 6.42 Å². The van der Waals surface area contributed by atoms with Gasteiger partial charge >= 0.3 is 0 Å². The third-order valence-corrected chi connectivity index (χ3v) is 2.26. The molecular weight excluding hydrogens is 170 g/mol. The molecule has 2 heterocycles. The zero-order valence-corrected chi connectivity index (χ0v) is 7.23. The van der Waals surface area contributed by atoms with E-state index >= 15 is 0 Å². The monoisotopic (exact) mass is 179 g/mol. The van der Waals surface area contributed by atoms with Crippen LogP contribution < -0.4 is 4.90 Å². The Kier molecular flexibility index (Phi) is 1.65. The Hall–Kier alpha value is -1.65. The second-order valence-electron chi connectivity index (χ2n) is 3.06. The molecule has 68 valence electrons. The van der Waals surface area contributed by atoms with Gasteiger partial charge in [-0.1, -0.05) is 0 Å². The van der Waals surface area contributed by atoms with Crippen LogP contribution >= 0.6 is 0 Å². The van der Waals surface area contributed by atoms with Crippen molar-refractivity contribution in [3.05, 3.63) is 27.9 Å². The normalized spacial score (nSPS) is 14.4. The van der Waals surface area contributed by atoms with E-state index in [1.165, 1.54) is 12.3 Å². The van der Waals surface area contributed by atoms with E-state index in [2.05, 4.69) is 4.98 Å². The van der Waals surface area contributed by atoms with Gasteiger partial charge in [0.15, 0.2) is 0 Å². The van der Waals surface area contributed by atoms with Crippen LogP contribution in [-0.4, -0.2) is 23.5 Å². The van der Waals surface area contributed by atoms with Crippen molar-refractivity contribution >= 4 is 11.5 Å². The minimum absolute atomic E-state index is 0.189. The average molecular weight is 179 g/mol. The highest BCUT2D eigenvalue weighted by Crippen LogP contribution is 2.31. The fourth-order valence-corrected chi connectivity index (χ4v) is 1.60. The van der Waals surface area contributed by atoms with Crippen LogP contribution in [0.15, 0.2) is 12.3 Å². The van der Waals surface area contributed by atoms with E-state index in [0.717, 1.165) is 24.3 Å². The number of aromatic nitrogens is 1. The summed E-state index contributed by atoms with van der Waals surface area (Å²) in [7, 11) is 1.89. The molecule has 0 radical (unpaired) electrons. The van der Waals surface area contributed by atoms with Crippen LogP contribution in [0.1, 0.15) is 5.56 Å². The molecule has 0 atom stereocenters. The van der Waals surface area contributed by atoms with Gasteiger partial charge in [0, 0.05) is 32.3 Å². The summed E-state index contributed by atoms with van der Waals surface area (Å²) in [6.45, 7) is 0.813. The summed E-state index contributed by atoms with van der Waals surface area (Å²) in [5, 5.41) is 10.6. The van der Waals surface area contributed by atoms with Crippen molar-refractivity contribution in [1.29, 1.82) is 0 Å². The molecule has 0 saturated carbocycles. The first-order valence-electron chi connectivity index (χ1n) is 4.03. The maximum Gasteiger partial charge on any atom is 0.277 e. The van der Waals surface area contributed by atoms with Crippen LogP contribution in [0, 0.1) is 10.1 Å². The van der Waals surface area contributed by atoms with Gasteiger partial charge in [-0.15, -0.1) is 0 Å². The molecule has 0 spiro atoms. The number of hydrogen-bond acceptors (Lipinski definition) is 4. The Morgan fingerprint density at radius 1 is 1.69 bits per heavy atom. The zero-order valence-electron chi connectivity index (χ0n) is 7.23. The van der Waals surface area contributed by atoms with Crippen LogP contribution in [0.3, 0.4) is 0 Å². The lowest BCUT2D eigenvalue weighted by molar-refractivity contribution is -0.385. The summed E-state index contributed by atoms with van der Waals surface area (Å²) in [5.74, 6) is 0.745. The molecule has 0 N–H and O–H groups in total. The highest BCUT2D eigenvalue weighted by molar-refractivity contribution is 5.60. The lowest BCUT2D eigenvalue weighted by atomic mass is 10.2. The fourth-order valence-electron chi connectivity index (χ4n) is 1.60. The summed E-state index contributed by atoms with van der Waals surface area (Å²) in [6.07, 6.45) is 2.20. The highest BCUT2D eigenvalue weighted by Gasteiger charge is 2.25. The molecule has 2 rings (SSSR count). The third-order valence-electron chi connectivity index (χ3n) is 2.26. The number of nitrogens with zero attached hydrogens (tertiary/aromatic N) is 3. The minimum atomic E-state index is -0.348. The number of anilines is 1. The predicted molar refractivity (Wildman–Crippen MR) is 47.9 cm³/mol. The van der Waals surface area contributed by atoms with Gasteiger partial charge in [0.2, 0.25) is 0 Å². The molecule has 1 aliphatic heterocycles. The van der Waals surface area contributed by atoms with Crippen molar-refractivity contribution in [3.63, 3.8) is 0 Å². The standard InChI is InChI=1S/C8H9N3O2/c1-10-5-3-6-7(11(12)13)2-4-9-8(6)10/h2,4H,3,5H2,1H3. The van der Waals surface area contributed by atoms with Crippen LogP contribution in [0.25, 0.3) is 0 Å². The third kappa shape index (κ3) is 1.12. The van der Waals surface area contributed by atoms with Gasteiger partial charge in [0.05, 0.1) is 10.5 Å². The molecule has 0 saturated heterocycles. The molecule has 0 amide bonds. The molecule has 5 nitrogen and oxygen atoms in total. The van der Waals surface area contributed by atoms with Crippen LogP contribution in [-0.2, 0) is 6.42 Å². The summed E-state index contributed by atoms with van der Waals surface area (Å²) >= 11 is 0. The average Bonchev–Trinajstić information content (AvgIpc) is 2.48. The number of pyridine rings is 1. The van der Waals surface area contributed by atoms with Crippen molar-refractivity contribution in [3.8, 4) is 0 Å². The van der Waals surface area contributed by atoms with Gasteiger partial charge < -0.3 is 4.90 Å². The van der Waals surface area contributed by atoms with Crippen LogP contribution in [0.2, 0.25) is 0 Å². The molecule has 1 aromatic rings. The number of fused-ring (bicyclic) bond motifs is 1. The molecule has 5 heteroatoms. The second-order valence-corrected chi connectivity index (χ2v) is 3.06. The molecule has 1 aliphatic rings. The molecule has 0 aliphatic carbocycles. The predicted octanol–water partition coefficient (Wildman–Crippen LogP) is 0.982. The molecular formula is C8H9N3O2. The first-order valence-corrected chi connectivity index (χ1v) is 4.03. The van der Waals surface area contributed by atoms with Crippen molar-refractivity contribution in [2.75, 3.05) is 18.5 Å². The second kappa shape index (κ2) is 2.69. The van der Waals surface area contributed by atoms with E-state index in [9.17, 15) is 10.1 Å². The van der Waals surface area contributed by atoms with E-state index in [4.69, 9.17) is 0 Å². The first-order chi connectivity index (χ1) is 6.20. The van der Waals surface area contributed by atoms with Crippen LogP contribution in [0.5, 0.6) is 0 Å². The van der Waals surface area contributed by atoms with E-state index in [-0.39, 0.29) is 10.6 Å². The summed E-state index contributed by atoms with van der Waals surface area (Å²) in [4.78, 5) is 16.3. The molecule has 0 aromatic carbocycles. The molecule has 13 heavy (non-hydrogen) atoms. The van der Waals surface area contributed by atoms with E-state index in [0.29, 0.717) is 0 Å². The molecule has 1 aromatic heterocycles. The number of likely N-dealkylation sites (N-methyl/N-ethyl adjacent to an activating group) is 1. The van der Waals surface area contributed by atoms with Gasteiger partial charge in [-0.25, -0.2) is 4.98 Å². The van der Waals surface area contributed by atoms with Crippen molar-refractivity contribution in [1.82, 2.24) is 4.98 Å². The van der Waals surface area contributed by atoms with Crippen molar-refractivity contribution in [2.24, 2.45) is 0 Å². The summed E-state index contributed by atoms with van der Waals surface area (Å²) in [6, 6.07) is 1.46. The fraction of sp³-hybridized carbons (Fsp3) is 0.375. The summed E-state index contributed by atoms with van der Waals surface area (Å²) in [5.41, 5.74) is 0.948. The van der Waals surface area contributed by atoms with E-state index in [1.807, 2.05) is 11.9 Å². The summed E-state index contributed by atoms with van der Waals surface area (Å²) < 4.78 is 0. The lowest BCUT2D eigenvalue weighted by Gasteiger charge is -2.08. The van der Waals surface area contributed by atoms with Crippen LogP contribution in [0.4, 0.5) is 11.5 Å². The number of nitro groups is 1. The number of rotatable bonds is 1. The Bertz CT molecular complexity index is 364. The molecule has 0 unspecified atom stereocenters. The molecule has 0 bridgehead atoms. The van der Waals surface area contributed by atoms with Gasteiger partial charge in [-0.3, -0.25) is 10.1 Å². The Morgan fingerprint density at radius 3 is 3.15 bits per heavy atom. The smallest absolute Gasteiger partial charge is 0.277 e. The Labute approximate surface area is 75.2 Å². The SMILES string of the molecule is CN1CCc2c([N+](=O)[O-])ccnc21. The Balaban J connectivity index is 2.57. The maximum atomic E-state index is 10.6. The Morgan fingerprint density at radius 2 is 2.46 bits per heavy atom. The number of hydrogen-bond donors (Lipinski definition) is 0. The first kappa shape index (κ1) is 7.97. The molecule has 0 fully saturated rings. The van der Waals surface area contributed by atoms with Gasteiger partial charge in [0.25, 0.3) is 5.69 Å². The van der Waals surface area contributed by atoms with E-state index < -0.39 is 0 Å². The quantitative estimate of drug-likeness (QED) is 0.476. The van der Waals surface area contributed by atoms with Crippen molar-refractivity contribution < 1.29 is 4.92 Å². The lowest BCUT2D eigenvalue weighted by Crippen LogP contribution is -2.13. The minimum Gasteiger partial charge on any atom is -0.359 e.